The van der Waals surface area contributed by atoms with Gasteiger partial charge in [-0.15, -0.1) is 0 Å². The van der Waals surface area contributed by atoms with Crippen LogP contribution in [0.2, 0.25) is 0 Å². The molecule has 0 aliphatic carbocycles. The lowest BCUT2D eigenvalue weighted by molar-refractivity contribution is -0.130. The molecule has 1 N–H and O–H groups in total. The van der Waals surface area contributed by atoms with Gasteiger partial charge in [0, 0.05) is 37.3 Å². The predicted octanol–water partition coefficient (Wildman–Crippen LogP) is 4.42. The third kappa shape index (κ3) is 6.79. The summed E-state index contributed by atoms with van der Waals surface area (Å²) in [6.07, 6.45) is 4.84. The lowest BCUT2D eigenvalue weighted by atomic mass is 9.95. The van der Waals surface area contributed by atoms with Crippen molar-refractivity contribution in [3.63, 3.8) is 0 Å². The number of hydrogen-bond donors (Lipinski definition) is 1. The average molecular weight is 420 g/mol. The molecule has 0 bridgehead atoms. The highest BCUT2D eigenvalue weighted by Crippen LogP contribution is 2.21. The number of piperidine rings is 1. The summed E-state index contributed by atoms with van der Waals surface area (Å²) in [7, 11) is 0. The molecule has 1 aliphatic rings. The summed E-state index contributed by atoms with van der Waals surface area (Å²) in [6, 6.07) is 17.9. The zero-order valence-electron chi connectivity index (χ0n) is 18.6. The van der Waals surface area contributed by atoms with Gasteiger partial charge in [0.15, 0.2) is 0 Å². The first-order valence-electron chi connectivity index (χ1n) is 11.2. The monoisotopic (exact) mass is 419 g/mol. The van der Waals surface area contributed by atoms with E-state index in [4.69, 9.17) is 0 Å². The average Bonchev–Trinajstić information content (AvgIpc) is 2.82. The molecular formula is C26H33N3O2. The van der Waals surface area contributed by atoms with Crippen molar-refractivity contribution < 1.29 is 9.59 Å². The molecule has 1 aliphatic heterocycles. The number of amides is 2. The SMILES string of the molecule is CCN(CC)Cc1cccc(NC(=O)C2CCN(C(=O)/C=C/c3ccccc3)CC2)c1. The third-order valence-electron chi connectivity index (χ3n) is 5.89. The Morgan fingerprint density at radius 2 is 1.74 bits per heavy atom. The van der Waals surface area contributed by atoms with Gasteiger partial charge in [-0.05, 0) is 55.3 Å². The molecule has 0 saturated carbocycles. The smallest absolute Gasteiger partial charge is 0.246 e. The molecule has 3 rings (SSSR count). The highest BCUT2D eigenvalue weighted by atomic mass is 16.2. The third-order valence-corrected chi connectivity index (χ3v) is 5.89. The number of anilines is 1. The Bertz CT molecular complexity index is 883. The molecule has 0 unspecified atom stereocenters. The molecule has 1 fully saturated rings. The van der Waals surface area contributed by atoms with Gasteiger partial charge in [0.05, 0.1) is 0 Å². The fraction of sp³-hybridized carbons (Fsp3) is 0.385. The van der Waals surface area contributed by atoms with Gasteiger partial charge in [0.25, 0.3) is 0 Å². The molecule has 31 heavy (non-hydrogen) atoms. The lowest BCUT2D eigenvalue weighted by Crippen LogP contribution is -2.40. The summed E-state index contributed by atoms with van der Waals surface area (Å²) in [4.78, 5) is 29.4. The van der Waals surface area contributed by atoms with E-state index in [2.05, 4.69) is 36.2 Å². The minimum absolute atomic E-state index is 0.00631. The summed E-state index contributed by atoms with van der Waals surface area (Å²) in [5, 5.41) is 3.08. The van der Waals surface area contributed by atoms with Gasteiger partial charge in [0.1, 0.15) is 0 Å². The first-order valence-corrected chi connectivity index (χ1v) is 11.2. The number of hydrogen-bond acceptors (Lipinski definition) is 3. The number of rotatable bonds is 8. The molecule has 1 heterocycles. The molecule has 2 amide bonds. The number of likely N-dealkylation sites (tertiary alicyclic amines) is 1. The predicted molar refractivity (Wildman–Crippen MR) is 126 cm³/mol. The first kappa shape index (κ1) is 22.8. The molecule has 1 saturated heterocycles. The number of carbonyl (C=O) groups excluding carboxylic acids is 2. The maximum Gasteiger partial charge on any atom is 0.246 e. The molecule has 5 heteroatoms. The molecular weight excluding hydrogens is 386 g/mol. The van der Waals surface area contributed by atoms with Crippen LogP contribution in [-0.2, 0) is 16.1 Å². The van der Waals surface area contributed by atoms with E-state index >= 15 is 0 Å². The minimum atomic E-state index is -0.0615. The van der Waals surface area contributed by atoms with E-state index in [1.165, 1.54) is 5.56 Å². The van der Waals surface area contributed by atoms with Gasteiger partial charge >= 0.3 is 0 Å². The van der Waals surface area contributed by atoms with Crippen molar-refractivity contribution in [1.82, 2.24) is 9.80 Å². The topological polar surface area (TPSA) is 52.7 Å². The lowest BCUT2D eigenvalue weighted by Gasteiger charge is -2.30. The Kier molecular flexibility index (Phi) is 8.42. The second kappa shape index (κ2) is 11.5. The summed E-state index contributed by atoms with van der Waals surface area (Å²) in [6.45, 7) is 8.42. The molecule has 5 nitrogen and oxygen atoms in total. The van der Waals surface area contributed by atoms with Gasteiger partial charge in [-0.3, -0.25) is 14.5 Å². The van der Waals surface area contributed by atoms with Crippen LogP contribution in [0.3, 0.4) is 0 Å². The molecule has 2 aromatic rings. The maximum absolute atomic E-state index is 12.8. The van der Waals surface area contributed by atoms with Crippen LogP contribution < -0.4 is 5.32 Å². The van der Waals surface area contributed by atoms with E-state index in [0.29, 0.717) is 25.9 Å². The van der Waals surface area contributed by atoms with Crippen LogP contribution in [0.25, 0.3) is 6.08 Å². The normalized spacial score (nSPS) is 14.9. The van der Waals surface area contributed by atoms with Crippen LogP contribution in [0.4, 0.5) is 5.69 Å². The van der Waals surface area contributed by atoms with Crippen molar-refractivity contribution in [3.05, 3.63) is 71.8 Å². The molecule has 0 spiro atoms. The Balaban J connectivity index is 1.49. The summed E-state index contributed by atoms with van der Waals surface area (Å²) in [5.74, 6) is -0.00711. The second-order valence-electron chi connectivity index (χ2n) is 7.99. The van der Waals surface area contributed by atoms with E-state index < -0.39 is 0 Å². The fourth-order valence-electron chi connectivity index (χ4n) is 3.90. The van der Waals surface area contributed by atoms with Gasteiger partial charge in [-0.2, -0.15) is 0 Å². The zero-order valence-corrected chi connectivity index (χ0v) is 18.6. The molecule has 164 valence electrons. The molecule has 0 aromatic heterocycles. The van der Waals surface area contributed by atoms with Crippen molar-refractivity contribution in [1.29, 1.82) is 0 Å². The Labute approximate surface area is 185 Å². The van der Waals surface area contributed by atoms with Crippen LogP contribution in [-0.4, -0.2) is 47.8 Å². The fourth-order valence-corrected chi connectivity index (χ4v) is 3.90. The highest BCUT2D eigenvalue weighted by molar-refractivity contribution is 5.94. The second-order valence-corrected chi connectivity index (χ2v) is 7.99. The van der Waals surface area contributed by atoms with Crippen molar-refractivity contribution in [2.75, 3.05) is 31.5 Å². The van der Waals surface area contributed by atoms with E-state index in [1.54, 1.807) is 6.08 Å². The van der Waals surface area contributed by atoms with Crippen molar-refractivity contribution in [2.24, 2.45) is 5.92 Å². The first-order chi connectivity index (χ1) is 15.1. The van der Waals surface area contributed by atoms with Gasteiger partial charge in [-0.1, -0.05) is 56.3 Å². The molecule has 0 radical (unpaired) electrons. The van der Waals surface area contributed by atoms with Crippen LogP contribution >= 0.6 is 0 Å². The van der Waals surface area contributed by atoms with Crippen molar-refractivity contribution in [2.45, 2.75) is 33.2 Å². The van der Waals surface area contributed by atoms with E-state index in [1.807, 2.05) is 53.4 Å². The van der Waals surface area contributed by atoms with Crippen molar-refractivity contribution in [3.8, 4) is 0 Å². The van der Waals surface area contributed by atoms with Crippen LogP contribution in [0.1, 0.15) is 37.8 Å². The number of nitrogens with zero attached hydrogens (tertiary/aromatic N) is 2. The van der Waals surface area contributed by atoms with Gasteiger partial charge in [0.2, 0.25) is 11.8 Å². The Hall–Kier alpha value is -2.92. The number of carbonyl (C=O) groups is 2. The zero-order chi connectivity index (χ0) is 22.1. The molecule has 2 aromatic carbocycles. The van der Waals surface area contributed by atoms with Crippen LogP contribution in [0.15, 0.2) is 60.7 Å². The Morgan fingerprint density at radius 3 is 2.42 bits per heavy atom. The van der Waals surface area contributed by atoms with E-state index in [0.717, 1.165) is 30.9 Å². The van der Waals surface area contributed by atoms with Gasteiger partial charge in [-0.25, -0.2) is 0 Å². The van der Waals surface area contributed by atoms with E-state index in [-0.39, 0.29) is 17.7 Å². The van der Waals surface area contributed by atoms with Crippen LogP contribution in [0.5, 0.6) is 0 Å². The van der Waals surface area contributed by atoms with Crippen LogP contribution in [0, 0.1) is 5.92 Å². The van der Waals surface area contributed by atoms with Gasteiger partial charge < -0.3 is 10.2 Å². The quantitative estimate of drug-likeness (QED) is 0.645. The highest BCUT2D eigenvalue weighted by Gasteiger charge is 2.26. The number of nitrogens with one attached hydrogen (secondary N) is 1. The minimum Gasteiger partial charge on any atom is -0.339 e. The van der Waals surface area contributed by atoms with Crippen molar-refractivity contribution >= 4 is 23.6 Å². The standard InChI is InChI=1S/C26H33N3O2/c1-3-28(4-2)20-22-11-8-12-24(19-22)27-26(31)23-15-17-29(18-16-23)25(30)14-13-21-9-6-5-7-10-21/h5-14,19,23H,3-4,15-18,20H2,1-2H3,(H,27,31)/b14-13+. The number of benzene rings is 2. The van der Waals surface area contributed by atoms with E-state index in [9.17, 15) is 9.59 Å². The summed E-state index contributed by atoms with van der Waals surface area (Å²) >= 11 is 0. The molecule has 0 atom stereocenters. The Morgan fingerprint density at radius 1 is 1.03 bits per heavy atom. The summed E-state index contributed by atoms with van der Waals surface area (Å²) in [5.41, 5.74) is 3.06. The maximum atomic E-state index is 12.8. The largest absolute Gasteiger partial charge is 0.339 e. The summed E-state index contributed by atoms with van der Waals surface area (Å²) < 4.78 is 0.